The van der Waals surface area contributed by atoms with Crippen molar-refractivity contribution in [2.45, 2.75) is 77.9 Å². The van der Waals surface area contributed by atoms with E-state index in [1.165, 1.54) is 0 Å². The minimum Gasteiger partial charge on any atom is -0.366 e. The zero-order chi connectivity index (χ0) is 29.8. The number of quaternary nitrogens is 1. The van der Waals surface area contributed by atoms with Crippen LogP contribution in [0.4, 0.5) is 0 Å². The quantitative estimate of drug-likeness (QED) is 0.239. The highest BCUT2D eigenvalue weighted by Crippen LogP contribution is 2.46. The third kappa shape index (κ3) is 8.59. The molecule has 0 bridgehead atoms. The van der Waals surface area contributed by atoms with Crippen molar-refractivity contribution in [3.05, 3.63) is 59.9 Å². The molecule has 11 nitrogen and oxygen atoms in total. The molecule has 6 atom stereocenters. The number of carbonyl (C=O) groups is 2. The fraction of sp³-hybridized carbons (Fsp3) is 0.571. The van der Waals surface area contributed by atoms with Gasteiger partial charge in [-0.3, -0.25) is 23.5 Å². The van der Waals surface area contributed by atoms with Crippen LogP contribution in [0, 0.1) is 5.41 Å². The van der Waals surface area contributed by atoms with E-state index in [0.29, 0.717) is 17.7 Å². The Morgan fingerprint density at radius 3 is 2.56 bits per heavy atom. The van der Waals surface area contributed by atoms with Crippen LogP contribution in [0.5, 0.6) is 0 Å². The summed E-state index contributed by atoms with van der Waals surface area (Å²) in [6.07, 6.45) is 3.76. The smallest absolute Gasteiger partial charge is 0.366 e. The second-order valence-electron chi connectivity index (χ2n) is 11.6. The number of fused-ring (bicyclic) bond motifs is 1. The van der Waals surface area contributed by atoms with E-state index in [-0.39, 0.29) is 24.9 Å². The molecule has 4 N–H and O–H groups in total. The summed E-state index contributed by atoms with van der Waals surface area (Å²) >= 11 is 1.14. The van der Waals surface area contributed by atoms with E-state index in [0.717, 1.165) is 22.2 Å². The number of rotatable bonds is 12. The molecule has 2 saturated heterocycles. The number of nitrogens with one attached hydrogen (secondary N) is 2. The monoisotopic (exact) mass is 610 g/mol. The Morgan fingerprint density at radius 1 is 1.17 bits per heavy atom. The predicted molar refractivity (Wildman–Crippen MR) is 154 cm³/mol. The first-order valence-corrected chi connectivity index (χ1v) is 16.2. The molecule has 6 unspecified atom stereocenters. The molecule has 0 aliphatic carbocycles. The first-order valence-electron chi connectivity index (χ1n) is 13.7. The van der Waals surface area contributed by atoms with Crippen LogP contribution in [0.3, 0.4) is 0 Å². The van der Waals surface area contributed by atoms with Crippen LogP contribution in [0.15, 0.2) is 54.4 Å². The third-order valence-electron chi connectivity index (χ3n) is 6.70. The number of thioether (sulfide) groups is 1. The van der Waals surface area contributed by atoms with Gasteiger partial charge in [0, 0.05) is 24.1 Å². The van der Waals surface area contributed by atoms with Gasteiger partial charge in [-0.05, 0) is 25.5 Å². The van der Waals surface area contributed by atoms with Crippen LogP contribution in [-0.2, 0) is 44.0 Å². The van der Waals surface area contributed by atoms with E-state index in [1.807, 2.05) is 77.2 Å². The average Bonchev–Trinajstić information content (AvgIpc) is 3.41. The van der Waals surface area contributed by atoms with Crippen LogP contribution >= 0.6 is 19.5 Å². The highest BCUT2D eigenvalue weighted by atomic mass is 32.2. The lowest BCUT2D eigenvalue weighted by Crippen LogP contribution is -3.09. The zero-order valence-electron chi connectivity index (χ0n) is 24.2. The minimum atomic E-state index is -3.83. The average molecular weight is 611 g/mol. The first-order chi connectivity index (χ1) is 19.3. The maximum Gasteiger partial charge on any atom is 0.405 e. The summed E-state index contributed by atoms with van der Waals surface area (Å²) in [7, 11) is -3.83. The van der Waals surface area contributed by atoms with Crippen molar-refractivity contribution in [1.82, 2.24) is 5.09 Å². The second kappa shape index (κ2) is 13.2. The molecule has 0 radical (unpaired) electrons. The number of amides is 1. The van der Waals surface area contributed by atoms with Crippen LogP contribution in [0.2, 0.25) is 0 Å². The standard InChI is InChI=1S/C28H40N3O8PS/c1-27(2,3)26(33)41-15-14-35-40(34,30-16-19-10-7-6-8-11-19)36-18-21-22-23(39-28(4,5)38-22)25(37-21)31-13-9-12-20(17-31)24(29)32/h6-11,13,17,21-23,25H,12,14-16,18H2,1-5H3,(H2,29,32)(H,30,34)/p+1. The molecule has 3 heterocycles. The molecule has 1 aromatic rings. The molecular weight excluding hydrogens is 569 g/mol. The molecule has 1 amide bonds. The van der Waals surface area contributed by atoms with Crippen LogP contribution in [0.25, 0.3) is 0 Å². The maximum absolute atomic E-state index is 13.9. The summed E-state index contributed by atoms with van der Waals surface area (Å²) < 4.78 is 44.2. The van der Waals surface area contributed by atoms with Gasteiger partial charge < -0.3 is 19.9 Å². The number of benzene rings is 1. The second-order valence-corrected chi connectivity index (χ2v) is 14.5. The Hall–Kier alpha value is -1.86. The van der Waals surface area contributed by atoms with E-state index < -0.39 is 49.4 Å². The van der Waals surface area contributed by atoms with E-state index in [9.17, 15) is 14.2 Å². The summed E-state index contributed by atoms with van der Waals surface area (Å²) in [5.41, 5.74) is 6.41. The Kier molecular flexibility index (Phi) is 10.3. The SMILES string of the molecule is CC1(C)OC2C(COP(=O)(NCc3ccccc3)OCCSC(=O)C(C)(C)C)OC([NH+]3C=CCC(C(N)=O)=C3)C2O1. The zero-order valence-corrected chi connectivity index (χ0v) is 25.9. The van der Waals surface area contributed by atoms with Crippen LogP contribution in [0.1, 0.15) is 46.6 Å². The molecule has 0 spiro atoms. The molecule has 1 aromatic carbocycles. The van der Waals surface area contributed by atoms with Crippen molar-refractivity contribution in [1.29, 1.82) is 0 Å². The predicted octanol–water partition coefficient (Wildman–Crippen LogP) is 2.64. The van der Waals surface area contributed by atoms with Crippen LogP contribution in [-0.4, -0.2) is 60.3 Å². The van der Waals surface area contributed by atoms with E-state index in [1.54, 1.807) is 6.20 Å². The summed E-state index contributed by atoms with van der Waals surface area (Å²) in [5, 5.41) is 2.96. The summed E-state index contributed by atoms with van der Waals surface area (Å²) in [6.45, 7) is 9.38. The van der Waals surface area contributed by atoms with Crippen molar-refractivity contribution in [2.75, 3.05) is 19.0 Å². The van der Waals surface area contributed by atoms with Crippen molar-refractivity contribution in [3.8, 4) is 0 Å². The van der Waals surface area contributed by atoms with Gasteiger partial charge in [0.15, 0.2) is 17.0 Å². The van der Waals surface area contributed by atoms with Gasteiger partial charge in [0.25, 0.3) is 0 Å². The lowest BCUT2D eigenvalue weighted by atomic mass is 10.00. The summed E-state index contributed by atoms with van der Waals surface area (Å²) in [4.78, 5) is 24.8. The van der Waals surface area contributed by atoms with Gasteiger partial charge in [0.05, 0.1) is 25.0 Å². The van der Waals surface area contributed by atoms with Gasteiger partial charge >= 0.3 is 7.75 Å². The largest absolute Gasteiger partial charge is 0.405 e. The van der Waals surface area contributed by atoms with Gasteiger partial charge in [0.1, 0.15) is 18.4 Å². The van der Waals surface area contributed by atoms with Gasteiger partial charge in [-0.2, -0.15) is 0 Å². The van der Waals surface area contributed by atoms with E-state index >= 15 is 0 Å². The molecule has 0 saturated carbocycles. The topological polar surface area (TPSA) is 140 Å². The Labute approximate surface area is 245 Å². The third-order valence-corrected chi connectivity index (χ3v) is 9.50. The number of hydrogen-bond donors (Lipinski definition) is 3. The highest BCUT2D eigenvalue weighted by Gasteiger charge is 2.59. The van der Waals surface area contributed by atoms with E-state index in [2.05, 4.69) is 5.09 Å². The van der Waals surface area contributed by atoms with Gasteiger partial charge in [0.2, 0.25) is 12.1 Å². The van der Waals surface area contributed by atoms with Gasteiger partial charge in [-0.15, -0.1) is 0 Å². The molecule has 226 valence electrons. The number of ether oxygens (including phenoxy) is 3. The maximum atomic E-state index is 13.9. The highest BCUT2D eigenvalue weighted by molar-refractivity contribution is 8.13. The molecule has 0 aromatic heterocycles. The molecule has 41 heavy (non-hydrogen) atoms. The minimum absolute atomic E-state index is 0.0225. The number of nitrogens with two attached hydrogens (primary N) is 1. The number of hydrogen-bond acceptors (Lipinski definition) is 9. The van der Waals surface area contributed by atoms with E-state index in [4.69, 9.17) is 29.0 Å². The number of allylic oxidation sites excluding steroid dienone is 1. The molecule has 4 rings (SSSR count). The summed E-state index contributed by atoms with van der Waals surface area (Å²) in [6, 6.07) is 9.48. The molecular formula is C28H41N3O8PS+. The Balaban J connectivity index is 1.44. The lowest BCUT2D eigenvalue weighted by Gasteiger charge is -2.27. The Bertz CT molecular complexity index is 1200. The fourth-order valence-electron chi connectivity index (χ4n) is 4.66. The fourth-order valence-corrected chi connectivity index (χ4v) is 6.87. The van der Waals surface area contributed by atoms with Crippen molar-refractivity contribution < 1.29 is 42.3 Å². The van der Waals surface area contributed by atoms with Gasteiger partial charge in [-0.1, -0.05) is 62.9 Å². The molecule has 3 aliphatic heterocycles. The van der Waals surface area contributed by atoms with Crippen molar-refractivity contribution in [3.63, 3.8) is 0 Å². The number of primary amides is 1. The Morgan fingerprint density at radius 2 is 1.88 bits per heavy atom. The normalized spacial score (nSPS) is 28.6. The van der Waals surface area contributed by atoms with Crippen molar-refractivity contribution >= 4 is 30.5 Å². The van der Waals surface area contributed by atoms with Gasteiger partial charge in [-0.25, -0.2) is 9.65 Å². The van der Waals surface area contributed by atoms with Crippen LogP contribution < -0.4 is 15.7 Å². The molecule has 13 heteroatoms. The lowest BCUT2D eigenvalue weighted by molar-refractivity contribution is -0.853. The summed E-state index contributed by atoms with van der Waals surface area (Å²) in [5.74, 6) is -1.03. The molecule has 3 aliphatic rings. The molecule has 2 fully saturated rings. The first kappa shape index (κ1) is 32.1. The van der Waals surface area contributed by atoms with Crippen molar-refractivity contribution in [2.24, 2.45) is 11.1 Å². The number of carbonyl (C=O) groups excluding carboxylic acids is 2.